The van der Waals surface area contributed by atoms with Crippen molar-refractivity contribution >= 4 is 16.1 Å². The summed E-state index contributed by atoms with van der Waals surface area (Å²) in [6.07, 6.45) is 2.46. The van der Waals surface area contributed by atoms with Gasteiger partial charge in [0.05, 0.1) is 4.90 Å². The maximum absolute atomic E-state index is 12.1. The molecule has 3 N–H and O–H groups in total. The lowest BCUT2D eigenvalue weighted by molar-refractivity contribution is 0.209. The fourth-order valence-corrected chi connectivity index (χ4v) is 3.03. The summed E-state index contributed by atoms with van der Waals surface area (Å²) < 4.78 is 22.5. The van der Waals surface area contributed by atoms with E-state index in [0.29, 0.717) is 19.5 Å². The van der Waals surface area contributed by atoms with Gasteiger partial charge in [0.15, 0.2) is 0 Å². The molecule has 0 bridgehead atoms. The second kappa shape index (κ2) is 9.35. The van der Waals surface area contributed by atoms with Crippen LogP contribution in [-0.4, -0.2) is 39.5 Å². The van der Waals surface area contributed by atoms with Crippen LogP contribution < -0.4 is 10.5 Å². The Morgan fingerprint density at radius 3 is 2.23 bits per heavy atom. The molecule has 0 heterocycles. The SMILES string of the molecule is CN(CCc1ccc(S(N)(=O)=O)cc1)C(=O)NCCCc1ccccc1. The molecule has 0 radical (unpaired) electrons. The average Bonchev–Trinajstić information content (AvgIpc) is 2.63. The molecule has 2 aromatic carbocycles. The summed E-state index contributed by atoms with van der Waals surface area (Å²) in [6, 6.07) is 16.4. The minimum Gasteiger partial charge on any atom is -0.338 e. The quantitative estimate of drug-likeness (QED) is 0.693. The van der Waals surface area contributed by atoms with Crippen molar-refractivity contribution in [3.63, 3.8) is 0 Å². The predicted octanol–water partition coefficient (Wildman–Crippen LogP) is 2.15. The zero-order valence-electron chi connectivity index (χ0n) is 14.9. The number of benzene rings is 2. The van der Waals surface area contributed by atoms with Crippen molar-refractivity contribution in [3.8, 4) is 0 Å². The first-order valence-electron chi connectivity index (χ1n) is 8.51. The highest BCUT2D eigenvalue weighted by molar-refractivity contribution is 7.89. The first-order valence-corrected chi connectivity index (χ1v) is 10.1. The van der Waals surface area contributed by atoms with Crippen molar-refractivity contribution in [3.05, 3.63) is 65.7 Å². The van der Waals surface area contributed by atoms with Gasteiger partial charge in [0.1, 0.15) is 0 Å². The summed E-state index contributed by atoms with van der Waals surface area (Å²) in [6.45, 7) is 1.17. The Morgan fingerprint density at radius 1 is 1.00 bits per heavy atom. The molecule has 0 unspecified atom stereocenters. The topological polar surface area (TPSA) is 92.5 Å². The van der Waals surface area contributed by atoms with Gasteiger partial charge in [0.25, 0.3) is 0 Å². The number of nitrogens with one attached hydrogen (secondary N) is 1. The largest absolute Gasteiger partial charge is 0.338 e. The van der Waals surface area contributed by atoms with Crippen LogP contribution in [0.1, 0.15) is 17.5 Å². The van der Waals surface area contributed by atoms with Gasteiger partial charge >= 0.3 is 6.03 Å². The van der Waals surface area contributed by atoms with E-state index in [-0.39, 0.29) is 10.9 Å². The van der Waals surface area contributed by atoms with E-state index < -0.39 is 10.0 Å². The third-order valence-corrected chi connectivity index (χ3v) is 5.02. The molecule has 0 aliphatic carbocycles. The Balaban J connectivity index is 1.70. The van der Waals surface area contributed by atoms with Crippen molar-refractivity contribution in [2.24, 2.45) is 5.14 Å². The molecule has 2 amide bonds. The molecule has 140 valence electrons. The van der Waals surface area contributed by atoms with Crippen molar-refractivity contribution < 1.29 is 13.2 Å². The van der Waals surface area contributed by atoms with Crippen LogP contribution in [0.3, 0.4) is 0 Å². The van der Waals surface area contributed by atoms with Crippen LogP contribution in [0.4, 0.5) is 4.79 Å². The lowest BCUT2D eigenvalue weighted by Crippen LogP contribution is -2.38. The summed E-state index contributed by atoms with van der Waals surface area (Å²) in [7, 11) is -1.93. The normalized spacial score (nSPS) is 11.2. The van der Waals surface area contributed by atoms with Crippen LogP contribution in [0.15, 0.2) is 59.5 Å². The van der Waals surface area contributed by atoms with E-state index in [0.717, 1.165) is 18.4 Å². The summed E-state index contributed by atoms with van der Waals surface area (Å²) in [5, 5.41) is 7.98. The molecular weight excluding hydrogens is 350 g/mol. The van der Waals surface area contributed by atoms with E-state index in [1.807, 2.05) is 18.2 Å². The second-order valence-corrected chi connectivity index (χ2v) is 7.74. The molecule has 0 atom stereocenters. The molecule has 2 aromatic rings. The van der Waals surface area contributed by atoms with Crippen LogP contribution in [0.5, 0.6) is 0 Å². The number of rotatable bonds is 8. The van der Waals surface area contributed by atoms with Gasteiger partial charge in [0, 0.05) is 20.1 Å². The third-order valence-electron chi connectivity index (χ3n) is 4.10. The van der Waals surface area contributed by atoms with E-state index in [4.69, 9.17) is 5.14 Å². The summed E-state index contributed by atoms with van der Waals surface area (Å²) in [5.74, 6) is 0. The number of likely N-dealkylation sites (N-methyl/N-ethyl adjacent to an activating group) is 1. The van der Waals surface area contributed by atoms with Crippen molar-refractivity contribution in [1.29, 1.82) is 0 Å². The Kier molecular flexibility index (Phi) is 7.17. The van der Waals surface area contributed by atoms with Crippen LogP contribution >= 0.6 is 0 Å². The smallest absolute Gasteiger partial charge is 0.317 e. The summed E-state index contributed by atoms with van der Waals surface area (Å²) in [5.41, 5.74) is 2.21. The number of primary sulfonamides is 1. The van der Waals surface area contributed by atoms with E-state index in [1.165, 1.54) is 17.7 Å². The third kappa shape index (κ3) is 6.50. The molecule has 0 spiro atoms. The number of nitrogens with two attached hydrogens (primary N) is 1. The molecule has 0 aromatic heterocycles. The number of urea groups is 1. The molecule has 7 heteroatoms. The molecule has 0 aliphatic heterocycles. The molecule has 0 fully saturated rings. The monoisotopic (exact) mass is 375 g/mol. The number of nitrogens with zero attached hydrogens (tertiary/aromatic N) is 1. The van der Waals surface area contributed by atoms with Gasteiger partial charge in [-0.25, -0.2) is 18.4 Å². The number of sulfonamides is 1. The van der Waals surface area contributed by atoms with Crippen LogP contribution in [-0.2, 0) is 22.9 Å². The first kappa shape index (κ1) is 19.9. The second-order valence-electron chi connectivity index (χ2n) is 6.18. The fraction of sp³-hybridized carbons (Fsp3) is 0.316. The zero-order chi connectivity index (χ0) is 19.0. The first-order chi connectivity index (χ1) is 12.4. The highest BCUT2D eigenvalue weighted by Crippen LogP contribution is 2.09. The summed E-state index contributed by atoms with van der Waals surface area (Å²) in [4.78, 5) is 13.8. The standard InChI is InChI=1S/C19H25N3O3S/c1-22(15-13-17-9-11-18(12-10-17)26(20,24)25)19(23)21-14-5-8-16-6-3-2-4-7-16/h2-4,6-7,9-12H,5,8,13-15H2,1H3,(H,21,23)(H2,20,24,25). The number of carbonyl (C=O) groups excluding carboxylic acids is 1. The van der Waals surface area contributed by atoms with Crippen molar-refractivity contribution in [2.75, 3.05) is 20.1 Å². The minimum atomic E-state index is -3.67. The van der Waals surface area contributed by atoms with Gasteiger partial charge in [-0.3, -0.25) is 0 Å². The molecule has 2 rings (SSSR count). The number of hydrogen-bond donors (Lipinski definition) is 2. The molecule has 0 saturated heterocycles. The summed E-state index contributed by atoms with van der Waals surface area (Å²) >= 11 is 0. The van der Waals surface area contributed by atoms with Crippen LogP contribution in [0.2, 0.25) is 0 Å². The highest BCUT2D eigenvalue weighted by Gasteiger charge is 2.09. The van der Waals surface area contributed by atoms with Gasteiger partial charge in [-0.05, 0) is 42.5 Å². The van der Waals surface area contributed by atoms with E-state index >= 15 is 0 Å². The van der Waals surface area contributed by atoms with E-state index in [2.05, 4.69) is 17.4 Å². The average molecular weight is 375 g/mol. The lowest BCUT2D eigenvalue weighted by Gasteiger charge is -2.18. The molecule has 0 saturated carbocycles. The molecular formula is C19H25N3O3S. The zero-order valence-corrected chi connectivity index (χ0v) is 15.7. The van der Waals surface area contributed by atoms with Gasteiger partial charge in [-0.2, -0.15) is 0 Å². The maximum Gasteiger partial charge on any atom is 0.317 e. The number of carbonyl (C=O) groups is 1. The molecule has 6 nitrogen and oxygen atoms in total. The molecule has 0 aliphatic rings. The molecule has 26 heavy (non-hydrogen) atoms. The number of aryl methyl sites for hydroxylation is 1. The Hall–Kier alpha value is -2.38. The van der Waals surface area contributed by atoms with Gasteiger partial charge in [0.2, 0.25) is 10.0 Å². The van der Waals surface area contributed by atoms with Gasteiger partial charge < -0.3 is 10.2 Å². The van der Waals surface area contributed by atoms with Gasteiger partial charge in [-0.1, -0.05) is 42.5 Å². The van der Waals surface area contributed by atoms with E-state index in [1.54, 1.807) is 24.1 Å². The Bertz CT molecular complexity index is 806. The van der Waals surface area contributed by atoms with Crippen molar-refractivity contribution in [2.45, 2.75) is 24.2 Å². The minimum absolute atomic E-state index is 0.0887. The van der Waals surface area contributed by atoms with Crippen LogP contribution in [0.25, 0.3) is 0 Å². The van der Waals surface area contributed by atoms with E-state index in [9.17, 15) is 13.2 Å². The van der Waals surface area contributed by atoms with Gasteiger partial charge in [-0.15, -0.1) is 0 Å². The highest BCUT2D eigenvalue weighted by atomic mass is 32.2. The number of hydrogen-bond acceptors (Lipinski definition) is 3. The lowest BCUT2D eigenvalue weighted by atomic mass is 10.1. The van der Waals surface area contributed by atoms with Crippen molar-refractivity contribution in [1.82, 2.24) is 10.2 Å². The Morgan fingerprint density at radius 2 is 1.62 bits per heavy atom. The Labute approximate surface area is 155 Å². The maximum atomic E-state index is 12.1. The van der Waals surface area contributed by atoms with Crippen LogP contribution in [0, 0.1) is 0 Å². The number of amides is 2. The predicted molar refractivity (Wildman–Crippen MR) is 102 cm³/mol. The fourth-order valence-electron chi connectivity index (χ4n) is 2.51.